The molecule has 30 heavy (non-hydrogen) atoms. The predicted molar refractivity (Wildman–Crippen MR) is 115 cm³/mol. The number of H-pyrrole nitrogens is 1. The van der Waals surface area contributed by atoms with Gasteiger partial charge in [0, 0.05) is 17.4 Å². The zero-order valence-corrected chi connectivity index (χ0v) is 17.0. The Morgan fingerprint density at radius 3 is 2.63 bits per heavy atom. The Balaban J connectivity index is 1.45. The van der Waals surface area contributed by atoms with Gasteiger partial charge in [0.15, 0.2) is 0 Å². The Morgan fingerprint density at radius 2 is 1.83 bits per heavy atom. The summed E-state index contributed by atoms with van der Waals surface area (Å²) in [5, 5.41) is 11.3. The van der Waals surface area contributed by atoms with Crippen molar-refractivity contribution in [3.63, 3.8) is 0 Å². The van der Waals surface area contributed by atoms with Gasteiger partial charge in [0.05, 0.1) is 23.0 Å². The van der Waals surface area contributed by atoms with Gasteiger partial charge in [0.1, 0.15) is 11.4 Å². The second kappa shape index (κ2) is 7.27. The van der Waals surface area contributed by atoms with E-state index < -0.39 is 5.92 Å². The molecule has 0 saturated heterocycles. The molecule has 1 aliphatic carbocycles. The van der Waals surface area contributed by atoms with Gasteiger partial charge in [-0.3, -0.25) is 9.59 Å². The number of nitrogens with one attached hydrogen (secondary N) is 2. The zero-order chi connectivity index (χ0) is 20.7. The summed E-state index contributed by atoms with van der Waals surface area (Å²) in [6.07, 6.45) is 5.14. The first-order valence-corrected chi connectivity index (χ1v) is 10.6. The maximum atomic E-state index is 13.3. The van der Waals surface area contributed by atoms with Crippen LogP contribution >= 0.6 is 0 Å². The van der Waals surface area contributed by atoms with Gasteiger partial charge < -0.3 is 10.1 Å². The van der Waals surface area contributed by atoms with Crippen molar-refractivity contribution in [2.75, 3.05) is 0 Å². The maximum absolute atomic E-state index is 13.3. The highest BCUT2D eigenvalue weighted by atomic mass is 16.5. The van der Waals surface area contributed by atoms with Crippen LogP contribution in [0.3, 0.4) is 0 Å². The molecule has 2 atom stereocenters. The number of ether oxygens (including phenoxy) is 1. The van der Waals surface area contributed by atoms with E-state index >= 15 is 0 Å². The van der Waals surface area contributed by atoms with E-state index in [4.69, 9.17) is 4.74 Å². The molecular weight excluding hydrogens is 378 g/mol. The van der Waals surface area contributed by atoms with Gasteiger partial charge in [0.25, 0.3) is 5.56 Å². The lowest BCUT2D eigenvalue weighted by atomic mass is 9.85. The number of aromatic nitrogens is 2. The molecule has 1 aromatic heterocycles. The van der Waals surface area contributed by atoms with E-state index in [1.54, 1.807) is 6.07 Å². The number of fused-ring (bicyclic) bond motifs is 2. The van der Waals surface area contributed by atoms with Crippen molar-refractivity contribution < 1.29 is 9.53 Å². The summed E-state index contributed by atoms with van der Waals surface area (Å²) in [5.41, 5.74) is 1.18. The topological polar surface area (TPSA) is 84.1 Å². The first-order chi connectivity index (χ1) is 14.6. The van der Waals surface area contributed by atoms with Crippen LogP contribution in [0.4, 0.5) is 0 Å². The molecule has 0 radical (unpaired) electrons. The van der Waals surface area contributed by atoms with Crippen LogP contribution in [0.2, 0.25) is 0 Å². The van der Waals surface area contributed by atoms with Crippen LogP contribution < -0.4 is 15.6 Å². The summed E-state index contributed by atoms with van der Waals surface area (Å²) < 4.78 is 6.40. The van der Waals surface area contributed by atoms with Crippen molar-refractivity contribution in [3.05, 3.63) is 70.1 Å². The van der Waals surface area contributed by atoms with Gasteiger partial charge in [-0.2, -0.15) is 5.10 Å². The van der Waals surface area contributed by atoms with E-state index in [2.05, 4.69) is 15.5 Å². The van der Waals surface area contributed by atoms with Gasteiger partial charge >= 0.3 is 0 Å². The number of para-hydroxylation sites is 1. The largest absolute Gasteiger partial charge is 0.487 e. The number of carbonyl (C=O) groups is 1. The molecule has 1 amide bonds. The predicted octanol–water partition coefficient (Wildman–Crippen LogP) is 3.98. The van der Waals surface area contributed by atoms with Crippen LogP contribution in [-0.4, -0.2) is 21.7 Å². The molecule has 154 valence electrons. The van der Waals surface area contributed by atoms with Gasteiger partial charge in [-0.1, -0.05) is 36.4 Å². The van der Waals surface area contributed by atoms with E-state index in [1.165, 1.54) is 0 Å². The Morgan fingerprint density at radius 1 is 1.13 bits per heavy atom. The summed E-state index contributed by atoms with van der Waals surface area (Å²) in [7, 11) is 0. The molecule has 6 nitrogen and oxygen atoms in total. The number of hydrogen-bond acceptors (Lipinski definition) is 4. The number of carbonyl (C=O) groups excluding carboxylic acids is 1. The molecular formula is C24H25N3O3. The molecule has 2 heterocycles. The van der Waals surface area contributed by atoms with Crippen molar-refractivity contribution in [3.8, 4) is 5.75 Å². The quantitative estimate of drug-likeness (QED) is 0.693. The zero-order valence-electron chi connectivity index (χ0n) is 17.0. The van der Waals surface area contributed by atoms with Crippen molar-refractivity contribution in [2.45, 2.75) is 56.6 Å². The van der Waals surface area contributed by atoms with Crippen molar-refractivity contribution in [2.24, 2.45) is 0 Å². The number of rotatable bonds is 3. The number of nitrogens with zero attached hydrogens (tertiary/aromatic N) is 1. The number of aromatic amines is 1. The lowest BCUT2D eigenvalue weighted by molar-refractivity contribution is -0.123. The van der Waals surface area contributed by atoms with E-state index in [1.807, 2.05) is 49.4 Å². The summed E-state index contributed by atoms with van der Waals surface area (Å²) in [5.74, 6) is 0.270. The lowest BCUT2D eigenvalue weighted by Crippen LogP contribution is -2.44. The Hall–Kier alpha value is -3.15. The second-order valence-electron chi connectivity index (χ2n) is 8.50. The normalized spacial score (nSPS) is 20.5. The van der Waals surface area contributed by atoms with Crippen LogP contribution in [0.25, 0.3) is 10.8 Å². The minimum absolute atomic E-state index is 0.1000. The summed E-state index contributed by atoms with van der Waals surface area (Å²) in [6, 6.07) is 15.1. The molecule has 1 fully saturated rings. The van der Waals surface area contributed by atoms with E-state index in [9.17, 15) is 9.59 Å². The van der Waals surface area contributed by atoms with Crippen LogP contribution in [0, 0.1) is 0 Å². The first kappa shape index (κ1) is 18.9. The molecule has 1 spiro atoms. The van der Waals surface area contributed by atoms with Crippen LogP contribution in [-0.2, 0) is 4.79 Å². The SMILES string of the molecule is CC(C(=O)NC1CC2(CCCC2)Oc2ccccc21)c1n[nH]c(=O)c2ccccc12. The van der Waals surface area contributed by atoms with Crippen molar-refractivity contribution in [1.82, 2.24) is 15.5 Å². The summed E-state index contributed by atoms with van der Waals surface area (Å²) in [4.78, 5) is 25.4. The molecule has 6 heteroatoms. The van der Waals surface area contributed by atoms with E-state index in [-0.39, 0.29) is 23.1 Å². The molecule has 1 aliphatic heterocycles. The second-order valence-corrected chi connectivity index (χ2v) is 8.50. The van der Waals surface area contributed by atoms with Crippen LogP contribution in [0.5, 0.6) is 5.75 Å². The smallest absolute Gasteiger partial charge is 0.272 e. The summed E-state index contributed by atoms with van der Waals surface area (Å²) in [6.45, 7) is 1.83. The fraction of sp³-hybridized carbons (Fsp3) is 0.375. The average molecular weight is 403 g/mol. The third-order valence-electron chi connectivity index (χ3n) is 6.56. The van der Waals surface area contributed by atoms with Gasteiger partial charge in [-0.05, 0) is 44.7 Å². The van der Waals surface area contributed by atoms with E-state index in [0.717, 1.165) is 43.4 Å². The first-order valence-electron chi connectivity index (χ1n) is 10.6. The molecule has 3 aromatic rings. The molecule has 2 unspecified atom stereocenters. The minimum Gasteiger partial charge on any atom is -0.487 e. The molecule has 2 aromatic carbocycles. The van der Waals surface area contributed by atoms with Crippen molar-refractivity contribution >= 4 is 16.7 Å². The highest BCUT2D eigenvalue weighted by Crippen LogP contribution is 2.47. The number of hydrogen-bond donors (Lipinski definition) is 2. The average Bonchev–Trinajstić information content (AvgIpc) is 3.21. The van der Waals surface area contributed by atoms with Crippen LogP contribution in [0.15, 0.2) is 53.3 Å². The lowest BCUT2D eigenvalue weighted by Gasteiger charge is -2.40. The van der Waals surface area contributed by atoms with E-state index in [0.29, 0.717) is 16.5 Å². The Bertz CT molecular complexity index is 1160. The molecule has 2 N–H and O–H groups in total. The Labute approximate surface area is 174 Å². The fourth-order valence-corrected chi connectivity index (χ4v) is 4.96. The standard InChI is InChI=1S/C24H25N3O3/c1-15(21-16-8-2-3-9-17(16)23(29)27-26-21)22(28)25-19-14-24(12-6-7-13-24)30-20-11-5-4-10-18(19)20/h2-5,8-11,15,19H,6-7,12-14H2,1H3,(H,25,28)(H,27,29). The van der Waals surface area contributed by atoms with Gasteiger partial charge in [0.2, 0.25) is 5.91 Å². The van der Waals surface area contributed by atoms with Crippen molar-refractivity contribution in [1.29, 1.82) is 0 Å². The molecule has 5 rings (SSSR count). The maximum Gasteiger partial charge on any atom is 0.272 e. The Kier molecular flexibility index (Phi) is 4.57. The number of amides is 1. The monoisotopic (exact) mass is 403 g/mol. The molecule has 1 saturated carbocycles. The summed E-state index contributed by atoms with van der Waals surface area (Å²) >= 11 is 0. The highest BCUT2D eigenvalue weighted by Gasteiger charge is 2.43. The molecule has 2 aliphatic rings. The highest BCUT2D eigenvalue weighted by molar-refractivity contribution is 5.91. The third-order valence-corrected chi connectivity index (χ3v) is 6.56. The number of benzene rings is 2. The van der Waals surface area contributed by atoms with Crippen LogP contribution in [0.1, 0.15) is 62.2 Å². The molecule has 0 bridgehead atoms. The fourth-order valence-electron chi connectivity index (χ4n) is 4.96. The van der Waals surface area contributed by atoms with Gasteiger partial charge in [-0.25, -0.2) is 5.10 Å². The van der Waals surface area contributed by atoms with Gasteiger partial charge in [-0.15, -0.1) is 0 Å². The minimum atomic E-state index is -0.499. The third kappa shape index (κ3) is 3.16.